The molecule has 0 fully saturated rings. The minimum atomic E-state index is 0.593. The first-order chi connectivity index (χ1) is 4.20. The number of aryl methyl sites for hydroxylation is 2. The van der Waals surface area contributed by atoms with Crippen LogP contribution in [0.1, 0.15) is 11.3 Å². The Morgan fingerprint density at radius 3 is 2.44 bits per heavy atom. The number of rotatable bonds is 0. The molecule has 0 unspecified atom stereocenters. The van der Waals surface area contributed by atoms with E-state index < -0.39 is 0 Å². The van der Waals surface area contributed by atoms with Crippen molar-refractivity contribution in [1.29, 1.82) is 0 Å². The normalized spacial score (nSPS) is 9.56. The SMILES string of the molecule is Cc1ccc(C)c(=S)o1. The lowest BCUT2D eigenvalue weighted by atomic mass is 10.3. The highest BCUT2D eigenvalue weighted by atomic mass is 32.1. The van der Waals surface area contributed by atoms with E-state index in [2.05, 4.69) is 0 Å². The summed E-state index contributed by atoms with van der Waals surface area (Å²) in [6.07, 6.45) is 0. The first kappa shape index (κ1) is 6.49. The Bertz CT molecular complexity index is 262. The van der Waals surface area contributed by atoms with Gasteiger partial charge in [-0.1, -0.05) is 6.07 Å². The van der Waals surface area contributed by atoms with E-state index in [1.54, 1.807) is 0 Å². The second-order valence-electron chi connectivity index (χ2n) is 2.02. The van der Waals surface area contributed by atoms with Crippen molar-refractivity contribution in [1.82, 2.24) is 0 Å². The summed E-state index contributed by atoms with van der Waals surface area (Å²) in [5.74, 6) is 0.866. The van der Waals surface area contributed by atoms with Gasteiger partial charge in [0.25, 0.3) is 0 Å². The van der Waals surface area contributed by atoms with Gasteiger partial charge in [-0.25, -0.2) is 0 Å². The van der Waals surface area contributed by atoms with Gasteiger partial charge in [0.1, 0.15) is 5.76 Å². The quantitative estimate of drug-likeness (QED) is 0.514. The van der Waals surface area contributed by atoms with Gasteiger partial charge in [0.15, 0.2) is 4.71 Å². The van der Waals surface area contributed by atoms with Crippen molar-refractivity contribution in [3.8, 4) is 0 Å². The fourth-order valence-corrected chi connectivity index (χ4v) is 0.771. The molecule has 0 spiro atoms. The third kappa shape index (κ3) is 1.39. The van der Waals surface area contributed by atoms with Crippen LogP contribution in [0.3, 0.4) is 0 Å². The molecule has 0 aromatic carbocycles. The first-order valence-corrected chi connectivity index (χ1v) is 3.18. The highest BCUT2D eigenvalue weighted by molar-refractivity contribution is 7.71. The van der Waals surface area contributed by atoms with Gasteiger partial charge in [0.05, 0.1) is 0 Å². The van der Waals surface area contributed by atoms with Crippen LogP contribution in [0, 0.1) is 18.6 Å². The van der Waals surface area contributed by atoms with Crippen molar-refractivity contribution in [3.63, 3.8) is 0 Å². The predicted molar refractivity (Wildman–Crippen MR) is 39.0 cm³/mol. The van der Waals surface area contributed by atoms with Crippen molar-refractivity contribution in [2.75, 3.05) is 0 Å². The highest BCUT2D eigenvalue weighted by Gasteiger charge is 1.88. The first-order valence-electron chi connectivity index (χ1n) is 2.77. The molecule has 0 aliphatic heterocycles. The maximum atomic E-state index is 5.12. The minimum absolute atomic E-state index is 0.593. The molecule has 9 heavy (non-hydrogen) atoms. The van der Waals surface area contributed by atoms with Crippen molar-refractivity contribution >= 4 is 12.2 Å². The van der Waals surface area contributed by atoms with Crippen molar-refractivity contribution in [2.45, 2.75) is 13.8 Å². The largest absolute Gasteiger partial charge is 0.450 e. The molecule has 0 radical (unpaired) electrons. The van der Waals surface area contributed by atoms with Gasteiger partial charge >= 0.3 is 0 Å². The minimum Gasteiger partial charge on any atom is -0.450 e. The molecule has 48 valence electrons. The van der Waals surface area contributed by atoms with E-state index in [1.807, 2.05) is 26.0 Å². The molecule has 1 heterocycles. The summed E-state index contributed by atoms with van der Waals surface area (Å²) in [6.45, 7) is 3.82. The zero-order valence-electron chi connectivity index (χ0n) is 5.47. The van der Waals surface area contributed by atoms with E-state index in [0.717, 1.165) is 11.3 Å². The van der Waals surface area contributed by atoms with Gasteiger partial charge in [-0.15, -0.1) is 0 Å². The molecule has 1 nitrogen and oxygen atoms in total. The lowest BCUT2D eigenvalue weighted by Crippen LogP contribution is -1.74. The lowest BCUT2D eigenvalue weighted by molar-refractivity contribution is 0.497. The molecule has 1 aromatic heterocycles. The highest BCUT2D eigenvalue weighted by Crippen LogP contribution is 2.03. The van der Waals surface area contributed by atoms with Crippen LogP contribution < -0.4 is 0 Å². The summed E-state index contributed by atoms with van der Waals surface area (Å²) in [7, 11) is 0. The fourth-order valence-electron chi connectivity index (χ4n) is 0.571. The second kappa shape index (κ2) is 2.31. The molecule has 1 aromatic rings. The van der Waals surface area contributed by atoms with Crippen LogP contribution in [0.5, 0.6) is 0 Å². The zero-order chi connectivity index (χ0) is 6.85. The second-order valence-corrected chi connectivity index (χ2v) is 2.39. The van der Waals surface area contributed by atoms with Crippen LogP contribution >= 0.6 is 12.2 Å². The molecule has 0 aliphatic carbocycles. The van der Waals surface area contributed by atoms with Crippen LogP contribution in [-0.4, -0.2) is 0 Å². The average Bonchev–Trinajstić information content (AvgIpc) is 1.80. The van der Waals surface area contributed by atoms with E-state index in [0.29, 0.717) is 4.71 Å². The average molecular weight is 140 g/mol. The van der Waals surface area contributed by atoms with E-state index in [1.165, 1.54) is 0 Å². The van der Waals surface area contributed by atoms with Gasteiger partial charge in [-0.2, -0.15) is 0 Å². The van der Waals surface area contributed by atoms with Crippen LogP contribution in [0.25, 0.3) is 0 Å². The molecule has 0 bridgehead atoms. The molecule has 0 saturated carbocycles. The Kier molecular flexibility index (Phi) is 1.67. The van der Waals surface area contributed by atoms with E-state index in [9.17, 15) is 0 Å². The molecule has 0 N–H and O–H groups in total. The molecule has 0 aliphatic rings. The van der Waals surface area contributed by atoms with Gasteiger partial charge < -0.3 is 4.42 Å². The Labute approximate surface area is 59.3 Å². The summed E-state index contributed by atoms with van der Waals surface area (Å²) in [5.41, 5.74) is 1.02. The molecular formula is C7H8OS. The number of hydrogen-bond acceptors (Lipinski definition) is 2. The van der Waals surface area contributed by atoms with Crippen LogP contribution in [0.2, 0.25) is 0 Å². The topological polar surface area (TPSA) is 13.1 Å². The molecule has 0 atom stereocenters. The third-order valence-electron chi connectivity index (χ3n) is 1.14. The van der Waals surface area contributed by atoms with Crippen molar-refractivity contribution in [2.24, 2.45) is 0 Å². The summed E-state index contributed by atoms with van der Waals surface area (Å²) < 4.78 is 5.72. The predicted octanol–water partition coefficient (Wildman–Crippen LogP) is 2.63. The maximum Gasteiger partial charge on any atom is 0.193 e. The molecule has 1 rings (SSSR count). The Morgan fingerprint density at radius 1 is 1.33 bits per heavy atom. The van der Waals surface area contributed by atoms with Gasteiger partial charge in [0.2, 0.25) is 0 Å². The number of hydrogen-bond donors (Lipinski definition) is 0. The van der Waals surface area contributed by atoms with Gasteiger partial charge in [0, 0.05) is 5.56 Å². The smallest absolute Gasteiger partial charge is 0.193 e. The third-order valence-corrected chi connectivity index (χ3v) is 1.55. The van der Waals surface area contributed by atoms with E-state index in [-0.39, 0.29) is 0 Å². The zero-order valence-corrected chi connectivity index (χ0v) is 6.29. The van der Waals surface area contributed by atoms with Crippen molar-refractivity contribution < 1.29 is 4.42 Å². The van der Waals surface area contributed by atoms with Crippen LogP contribution in [-0.2, 0) is 0 Å². The maximum absolute atomic E-state index is 5.12. The van der Waals surface area contributed by atoms with Crippen molar-refractivity contribution in [3.05, 3.63) is 28.2 Å². The van der Waals surface area contributed by atoms with Crippen LogP contribution in [0.15, 0.2) is 16.5 Å². The Balaban J connectivity index is 3.34. The van der Waals surface area contributed by atoms with E-state index >= 15 is 0 Å². The molecule has 0 saturated heterocycles. The van der Waals surface area contributed by atoms with Gasteiger partial charge in [-0.05, 0) is 32.1 Å². The van der Waals surface area contributed by atoms with Crippen LogP contribution in [0.4, 0.5) is 0 Å². The Hall–Kier alpha value is -0.630. The fraction of sp³-hybridized carbons (Fsp3) is 0.286. The summed E-state index contributed by atoms with van der Waals surface area (Å²) in [6, 6.07) is 3.87. The van der Waals surface area contributed by atoms with E-state index in [4.69, 9.17) is 16.6 Å². The summed E-state index contributed by atoms with van der Waals surface area (Å²) in [5, 5.41) is 0. The summed E-state index contributed by atoms with van der Waals surface area (Å²) in [4.78, 5) is 0. The standard InChI is InChI=1S/C7H8OS/c1-5-3-4-6(2)8-7(5)9/h3-4H,1-2H3. The molecule has 2 heteroatoms. The Morgan fingerprint density at radius 2 is 2.00 bits per heavy atom. The molecule has 0 amide bonds. The monoisotopic (exact) mass is 140 g/mol. The molecular weight excluding hydrogens is 132 g/mol. The van der Waals surface area contributed by atoms with Gasteiger partial charge in [-0.3, -0.25) is 0 Å². The lowest BCUT2D eigenvalue weighted by Gasteiger charge is -1.91. The summed E-state index contributed by atoms with van der Waals surface area (Å²) >= 11 is 4.87.